The van der Waals surface area contributed by atoms with E-state index >= 15 is 0 Å². The van der Waals surface area contributed by atoms with E-state index in [1.54, 1.807) is 6.07 Å². The largest absolute Gasteiger partial charge is 0.301 e. The van der Waals surface area contributed by atoms with Crippen molar-refractivity contribution in [2.24, 2.45) is 0 Å². The SMILES string of the molecule is Cc1ccc(C)c(S(=O)(=O)NCCCN2CCCCC2C)c1. The molecule has 1 aliphatic heterocycles. The van der Waals surface area contributed by atoms with Crippen LogP contribution in [0.25, 0.3) is 0 Å². The predicted molar refractivity (Wildman–Crippen MR) is 90.6 cm³/mol. The lowest BCUT2D eigenvalue weighted by Crippen LogP contribution is -2.39. The Balaban J connectivity index is 1.86. The first kappa shape index (κ1) is 17.4. The Kier molecular flexibility index (Phi) is 6.01. The Morgan fingerprint density at radius 1 is 1.27 bits per heavy atom. The molecule has 0 amide bonds. The number of nitrogens with zero attached hydrogens (tertiary/aromatic N) is 1. The number of likely N-dealkylation sites (tertiary alicyclic amines) is 1. The third kappa shape index (κ3) is 4.54. The standard InChI is InChI=1S/C17H28N2O2S/c1-14-8-9-15(2)17(13-14)22(20,21)18-10-6-12-19-11-5-4-7-16(19)3/h8-9,13,16,18H,4-7,10-12H2,1-3H3. The number of rotatable bonds is 6. The average molecular weight is 324 g/mol. The Labute approximate surface area is 135 Å². The van der Waals surface area contributed by atoms with Gasteiger partial charge >= 0.3 is 0 Å². The summed E-state index contributed by atoms with van der Waals surface area (Å²) in [4.78, 5) is 2.87. The zero-order valence-corrected chi connectivity index (χ0v) is 14.7. The molecule has 1 aliphatic rings. The first-order valence-corrected chi connectivity index (χ1v) is 9.69. The lowest BCUT2D eigenvalue weighted by molar-refractivity contribution is 0.159. The molecule has 0 saturated carbocycles. The molecular weight excluding hydrogens is 296 g/mol. The van der Waals surface area contributed by atoms with Crippen molar-refractivity contribution in [1.29, 1.82) is 0 Å². The van der Waals surface area contributed by atoms with Gasteiger partial charge in [0.1, 0.15) is 0 Å². The van der Waals surface area contributed by atoms with Crippen LogP contribution in [0.1, 0.15) is 43.7 Å². The van der Waals surface area contributed by atoms with Crippen LogP contribution in [0.4, 0.5) is 0 Å². The van der Waals surface area contributed by atoms with Gasteiger partial charge in [0.05, 0.1) is 4.90 Å². The van der Waals surface area contributed by atoms with Crippen LogP contribution < -0.4 is 4.72 Å². The summed E-state index contributed by atoms with van der Waals surface area (Å²) >= 11 is 0. The van der Waals surface area contributed by atoms with Crippen LogP contribution in [0.15, 0.2) is 23.1 Å². The highest BCUT2D eigenvalue weighted by atomic mass is 32.2. The van der Waals surface area contributed by atoms with Gasteiger partial charge in [0.15, 0.2) is 0 Å². The van der Waals surface area contributed by atoms with E-state index in [2.05, 4.69) is 16.5 Å². The van der Waals surface area contributed by atoms with E-state index in [9.17, 15) is 8.42 Å². The Morgan fingerprint density at radius 3 is 2.77 bits per heavy atom. The molecule has 1 saturated heterocycles. The van der Waals surface area contributed by atoms with Crippen LogP contribution >= 0.6 is 0 Å². The summed E-state index contributed by atoms with van der Waals surface area (Å²) in [5.74, 6) is 0. The molecule has 1 aromatic carbocycles. The fourth-order valence-electron chi connectivity index (χ4n) is 3.05. The summed E-state index contributed by atoms with van der Waals surface area (Å²) in [6.07, 6.45) is 4.69. The number of nitrogens with one attached hydrogen (secondary N) is 1. The van der Waals surface area contributed by atoms with E-state index in [0.717, 1.165) is 30.6 Å². The molecule has 1 N–H and O–H groups in total. The predicted octanol–water partition coefficient (Wildman–Crippen LogP) is 2.85. The summed E-state index contributed by atoms with van der Waals surface area (Å²) in [5.41, 5.74) is 1.76. The highest BCUT2D eigenvalue weighted by Gasteiger charge is 2.19. The molecule has 1 atom stereocenters. The second-order valence-electron chi connectivity index (χ2n) is 6.40. The van der Waals surface area contributed by atoms with E-state index in [1.807, 2.05) is 26.0 Å². The summed E-state index contributed by atoms with van der Waals surface area (Å²) in [5, 5.41) is 0. The zero-order chi connectivity index (χ0) is 16.2. The molecule has 2 rings (SSSR count). The van der Waals surface area contributed by atoms with Gasteiger partial charge in [-0.05, 0) is 70.3 Å². The zero-order valence-electron chi connectivity index (χ0n) is 13.9. The van der Waals surface area contributed by atoms with Crippen LogP contribution in [0, 0.1) is 13.8 Å². The van der Waals surface area contributed by atoms with Gasteiger partial charge in [-0.3, -0.25) is 0 Å². The van der Waals surface area contributed by atoms with Crippen molar-refractivity contribution in [3.63, 3.8) is 0 Å². The molecule has 1 fully saturated rings. The van der Waals surface area contributed by atoms with Crippen LogP contribution in [0.5, 0.6) is 0 Å². The number of piperidine rings is 1. The number of aryl methyl sites for hydroxylation is 2. The van der Waals surface area contributed by atoms with Gasteiger partial charge in [-0.2, -0.15) is 0 Å². The second-order valence-corrected chi connectivity index (χ2v) is 8.14. The van der Waals surface area contributed by atoms with Gasteiger partial charge in [-0.15, -0.1) is 0 Å². The molecule has 0 spiro atoms. The van der Waals surface area contributed by atoms with Crippen molar-refractivity contribution in [2.45, 2.75) is 57.4 Å². The summed E-state index contributed by atoms with van der Waals surface area (Å²) < 4.78 is 27.5. The maximum Gasteiger partial charge on any atom is 0.240 e. The molecule has 0 radical (unpaired) electrons. The minimum Gasteiger partial charge on any atom is -0.301 e. The van der Waals surface area contributed by atoms with E-state index in [4.69, 9.17) is 0 Å². The van der Waals surface area contributed by atoms with E-state index in [-0.39, 0.29) is 0 Å². The molecule has 4 nitrogen and oxygen atoms in total. The van der Waals surface area contributed by atoms with Gasteiger partial charge in [-0.25, -0.2) is 13.1 Å². The molecule has 0 aliphatic carbocycles. The Morgan fingerprint density at radius 2 is 2.05 bits per heavy atom. The van der Waals surface area contributed by atoms with E-state index < -0.39 is 10.0 Å². The van der Waals surface area contributed by atoms with Gasteiger partial charge in [0.2, 0.25) is 10.0 Å². The Bertz CT molecular complexity index is 599. The quantitative estimate of drug-likeness (QED) is 0.819. The second kappa shape index (κ2) is 7.57. The van der Waals surface area contributed by atoms with Gasteiger partial charge in [0.25, 0.3) is 0 Å². The molecule has 124 valence electrons. The minimum absolute atomic E-state index is 0.402. The summed E-state index contributed by atoms with van der Waals surface area (Å²) in [7, 11) is -3.40. The molecule has 0 aromatic heterocycles. The Hall–Kier alpha value is -0.910. The summed E-state index contributed by atoms with van der Waals surface area (Å²) in [6, 6.07) is 6.17. The van der Waals surface area contributed by atoms with Crippen molar-refractivity contribution in [3.05, 3.63) is 29.3 Å². The lowest BCUT2D eigenvalue weighted by atomic mass is 10.0. The van der Waals surface area contributed by atoms with Crippen molar-refractivity contribution >= 4 is 10.0 Å². The van der Waals surface area contributed by atoms with Crippen LogP contribution in [0.2, 0.25) is 0 Å². The maximum absolute atomic E-state index is 12.4. The summed E-state index contributed by atoms with van der Waals surface area (Å²) in [6.45, 7) is 8.62. The molecule has 22 heavy (non-hydrogen) atoms. The number of hydrogen-bond acceptors (Lipinski definition) is 3. The van der Waals surface area contributed by atoms with E-state index in [0.29, 0.717) is 17.5 Å². The van der Waals surface area contributed by atoms with Crippen LogP contribution in [-0.2, 0) is 10.0 Å². The third-order valence-corrected chi connectivity index (χ3v) is 6.09. The highest BCUT2D eigenvalue weighted by molar-refractivity contribution is 7.89. The third-order valence-electron chi connectivity index (χ3n) is 4.49. The van der Waals surface area contributed by atoms with Crippen LogP contribution in [-0.4, -0.2) is 39.0 Å². The van der Waals surface area contributed by atoms with Crippen molar-refractivity contribution in [3.8, 4) is 0 Å². The molecule has 0 bridgehead atoms. The average Bonchev–Trinajstić information content (AvgIpc) is 2.48. The molecular formula is C17H28N2O2S. The van der Waals surface area contributed by atoms with Crippen molar-refractivity contribution in [2.75, 3.05) is 19.6 Å². The molecule has 1 unspecified atom stereocenters. The molecule has 1 heterocycles. The number of sulfonamides is 1. The maximum atomic E-state index is 12.4. The van der Waals surface area contributed by atoms with Crippen molar-refractivity contribution < 1.29 is 8.42 Å². The van der Waals surface area contributed by atoms with E-state index in [1.165, 1.54) is 19.3 Å². The minimum atomic E-state index is -3.40. The highest BCUT2D eigenvalue weighted by Crippen LogP contribution is 2.17. The molecule has 5 heteroatoms. The smallest absolute Gasteiger partial charge is 0.240 e. The van der Waals surface area contributed by atoms with Gasteiger partial charge in [0, 0.05) is 12.6 Å². The molecule has 1 aromatic rings. The number of hydrogen-bond donors (Lipinski definition) is 1. The first-order valence-electron chi connectivity index (χ1n) is 8.21. The fourth-order valence-corrected chi connectivity index (χ4v) is 4.45. The van der Waals surface area contributed by atoms with Gasteiger partial charge in [-0.1, -0.05) is 18.6 Å². The lowest BCUT2D eigenvalue weighted by Gasteiger charge is -2.33. The fraction of sp³-hybridized carbons (Fsp3) is 0.647. The monoisotopic (exact) mass is 324 g/mol. The van der Waals surface area contributed by atoms with Gasteiger partial charge < -0.3 is 4.90 Å². The first-order chi connectivity index (χ1) is 10.4. The number of benzene rings is 1. The normalized spacial score (nSPS) is 20.2. The van der Waals surface area contributed by atoms with Crippen molar-refractivity contribution in [1.82, 2.24) is 9.62 Å². The van der Waals surface area contributed by atoms with Crippen LogP contribution in [0.3, 0.4) is 0 Å². The topological polar surface area (TPSA) is 49.4 Å².